The van der Waals surface area contributed by atoms with Gasteiger partial charge < -0.3 is 0 Å². The summed E-state index contributed by atoms with van der Waals surface area (Å²) >= 11 is 0.175. The molecule has 0 bridgehead atoms. The van der Waals surface area contributed by atoms with E-state index in [1.54, 1.807) is 0 Å². The molecule has 4 aromatic rings. The molecule has 2 aliphatic heterocycles. The van der Waals surface area contributed by atoms with Crippen LogP contribution in [0.5, 0.6) is 0 Å². The van der Waals surface area contributed by atoms with Gasteiger partial charge in [-0.05, 0) is 0 Å². The van der Waals surface area contributed by atoms with Crippen molar-refractivity contribution in [2.24, 2.45) is 9.98 Å². The predicted molar refractivity (Wildman–Crippen MR) is 145 cm³/mol. The zero-order valence-electron chi connectivity index (χ0n) is 18.6. The summed E-state index contributed by atoms with van der Waals surface area (Å²) in [6.07, 6.45) is 0. The molecule has 0 N–H and O–H groups in total. The van der Waals surface area contributed by atoms with Gasteiger partial charge in [0.15, 0.2) is 0 Å². The summed E-state index contributed by atoms with van der Waals surface area (Å²) in [6.45, 7) is 4.18. The summed E-state index contributed by atoms with van der Waals surface area (Å²) in [4.78, 5) is 9.88. The van der Waals surface area contributed by atoms with Crippen molar-refractivity contribution in [3.8, 4) is 23.7 Å². The second-order valence-electron chi connectivity index (χ2n) is 8.19. The predicted octanol–water partition coefficient (Wildman–Crippen LogP) is 4.31. The Morgan fingerprint density at radius 2 is 0.912 bits per heavy atom. The second kappa shape index (κ2) is 8.77. The normalized spacial score (nSPS) is 13.2. The van der Waals surface area contributed by atoms with Crippen molar-refractivity contribution in [1.82, 2.24) is 0 Å². The van der Waals surface area contributed by atoms with E-state index in [1.807, 2.05) is 0 Å². The van der Waals surface area contributed by atoms with Crippen molar-refractivity contribution in [3.05, 3.63) is 95.1 Å². The SMILES string of the molecule is Cc1ccc(C#CC2=Nc3ccc4c5c(ccc(c35)[Se]2)N=C(C#Cc2ccc(C)cc2)[Se]4)cc1. The van der Waals surface area contributed by atoms with Gasteiger partial charge in [-0.15, -0.1) is 0 Å². The molecule has 0 amide bonds. The Morgan fingerprint density at radius 1 is 0.500 bits per heavy atom. The molecule has 0 saturated heterocycles. The van der Waals surface area contributed by atoms with Gasteiger partial charge in [0.25, 0.3) is 0 Å². The third kappa shape index (κ3) is 4.15. The molecule has 4 aromatic carbocycles. The molecule has 2 heterocycles. The summed E-state index contributed by atoms with van der Waals surface area (Å²) in [5.74, 6) is 13.2. The molecule has 0 saturated carbocycles. The van der Waals surface area contributed by atoms with Crippen molar-refractivity contribution in [1.29, 1.82) is 0 Å². The third-order valence-corrected chi connectivity index (χ3v) is 9.60. The maximum absolute atomic E-state index is 4.94. The van der Waals surface area contributed by atoms with E-state index < -0.39 is 0 Å². The number of aliphatic imine (C=N–C) groups is 2. The van der Waals surface area contributed by atoms with E-state index >= 15 is 0 Å². The van der Waals surface area contributed by atoms with Crippen LogP contribution in [-0.2, 0) is 0 Å². The molecule has 0 spiro atoms. The van der Waals surface area contributed by atoms with Gasteiger partial charge >= 0.3 is 213 Å². The minimum absolute atomic E-state index is 0.0874. The van der Waals surface area contributed by atoms with E-state index in [9.17, 15) is 0 Å². The van der Waals surface area contributed by atoms with Crippen molar-refractivity contribution in [2.75, 3.05) is 0 Å². The average molecular weight is 564 g/mol. The summed E-state index contributed by atoms with van der Waals surface area (Å²) in [5.41, 5.74) is 6.56. The van der Waals surface area contributed by atoms with E-state index in [1.165, 1.54) is 30.8 Å². The second-order valence-corrected chi connectivity index (χ2v) is 12.5. The van der Waals surface area contributed by atoms with Crippen LogP contribution in [0, 0.1) is 37.5 Å². The van der Waals surface area contributed by atoms with Gasteiger partial charge in [-0.25, -0.2) is 0 Å². The molecule has 0 aliphatic carbocycles. The average Bonchev–Trinajstić information content (AvgIpc) is 2.86. The molecular weight excluding hydrogens is 546 g/mol. The Balaban J connectivity index is 1.36. The third-order valence-electron chi connectivity index (χ3n) is 5.63. The van der Waals surface area contributed by atoms with Gasteiger partial charge in [0.2, 0.25) is 0 Å². The number of rotatable bonds is 0. The van der Waals surface area contributed by atoms with Crippen LogP contribution in [0.3, 0.4) is 0 Å². The fourth-order valence-electron chi connectivity index (χ4n) is 3.86. The molecule has 6 rings (SSSR count). The van der Waals surface area contributed by atoms with Gasteiger partial charge in [-0.3, -0.25) is 0 Å². The minimum atomic E-state index is 0.0874. The van der Waals surface area contributed by atoms with Gasteiger partial charge in [0.1, 0.15) is 0 Å². The maximum atomic E-state index is 4.94. The number of benzene rings is 4. The van der Waals surface area contributed by atoms with Crippen molar-refractivity contribution in [3.63, 3.8) is 0 Å². The first kappa shape index (κ1) is 21.2. The molecule has 0 aromatic heterocycles. The molecule has 2 aliphatic rings. The Hall–Kier alpha value is -3.36. The van der Waals surface area contributed by atoms with E-state index in [-0.39, 0.29) is 29.9 Å². The Kier molecular flexibility index (Phi) is 5.47. The molecule has 0 atom stereocenters. The van der Waals surface area contributed by atoms with E-state index in [2.05, 4.69) is 110 Å². The molecule has 4 heteroatoms. The molecular formula is C30H18N2Se2. The summed E-state index contributed by atoms with van der Waals surface area (Å²) in [5, 5.41) is 2.51. The van der Waals surface area contributed by atoms with Crippen LogP contribution in [-0.4, -0.2) is 39.1 Å². The van der Waals surface area contributed by atoms with E-state index in [0.29, 0.717) is 0 Å². The van der Waals surface area contributed by atoms with Crippen LogP contribution in [0.4, 0.5) is 11.4 Å². The molecule has 0 unspecified atom stereocenters. The van der Waals surface area contributed by atoms with Crippen molar-refractivity contribution >= 4 is 70.2 Å². The number of nitrogens with zero attached hydrogens (tertiary/aromatic N) is 2. The molecule has 0 fully saturated rings. The molecule has 34 heavy (non-hydrogen) atoms. The number of aryl methyl sites for hydroxylation is 2. The number of hydrogen-bond acceptors (Lipinski definition) is 2. The van der Waals surface area contributed by atoms with Crippen LogP contribution < -0.4 is 8.92 Å². The first-order valence-corrected chi connectivity index (χ1v) is 14.4. The van der Waals surface area contributed by atoms with Crippen LogP contribution in [0.1, 0.15) is 22.3 Å². The van der Waals surface area contributed by atoms with Crippen LogP contribution in [0.25, 0.3) is 10.8 Å². The van der Waals surface area contributed by atoms with Gasteiger partial charge in [0.05, 0.1) is 0 Å². The van der Waals surface area contributed by atoms with Gasteiger partial charge in [0, 0.05) is 0 Å². The van der Waals surface area contributed by atoms with E-state index in [4.69, 9.17) is 9.98 Å². The summed E-state index contributed by atoms with van der Waals surface area (Å²) in [7, 11) is 0. The molecule has 2 nitrogen and oxygen atoms in total. The first-order chi connectivity index (χ1) is 16.6. The van der Waals surface area contributed by atoms with Gasteiger partial charge in [-0.1, -0.05) is 0 Å². The van der Waals surface area contributed by atoms with Crippen LogP contribution >= 0.6 is 0 Å². The quantitative estimate of drug-likeness (QED) is 0.225. The van der Waals surface area contributed by atoms with Crippen LogP contribution in [0.2, 0.25) is 0 Å². The zero-order valence-corrected chi connectivity index (χ0v) is 22.1. The standard InChI is InChI=1S/C30H18N2Se2/c1-19-3-7-21(8-4-19)11-17-27-31-23-13-16-26-30-24(14-15-25(33-27)29(23)30)32-28(34-26)18-12-22-9-5-20(2)6-10-22/h3-10,13-16H,1-2H3. The number of hydrogen-bond donors (Lipinski definition) is 0. The Bertz CT molecular complexity index is 1530. The van der Waals surface area contributed by atoms with Crippen LogP contribution in [0.15, 0.2) is 82.8 Å². The zero-order chi connectivity index (χ0) is 23.1. The summed E-state index contributed by atoms with van der Waals surface area (Å²) < 4.78 is 4.62. The topological polar surface area (TPSA) is 24.7 Å². The summed E-state index contributed by atoms with van der Waals surface area (Å²) in [6, 6.07) is 25.4. The monoisotopic (exact) mass is 566 g/mol. The van der Waals surface area contributed by atoms with Crippen molar-refractivity contribution in [2.45, 2.75) is 13.8 Å². The van der Waals surface area contributed by atoms with Gasteiger partial charge in [-0.2, -0.15) is 0 Å². The Morgan fingerprint density at radius 3 is 1.32 bits per heavy atom. The van der Waals surface area contributed by atoms with E-state index in [0.717, 1.165) is 31.7 Å². The Labute approximate surface area is 211 Å². The van der Waals surface area contributed by atoms with Crippen molar-refractivity contribution < 1.29 is 0 Å². The molecule has 160 valence electrons. The first-order valence-electron chi connectivity index (χ1n) is 10.9. The fourth-order valence-corrected chi connectivity index (χ4v) is 7.63. The fraction of sp³-hybridized carbons (Fsp3) is 0.0667. The molecule has 0 radical (unpaired) electrons.